The molecule has 2 rings (SSSR count). The first kappa shape index (κ1) is 16.7. The molecule has 0 heterocycles. The van der Waals surface area contributed by atoms with E-state index in [4.69, 9.17) is 0 Å². The maximum absolute atomic E-state index is 12.3. The van der Waals surface area contributed by atoms with E-state index >= 15 is 0 Å². The second-order valence-corrected chi connectivity index (χ2v) is 8.13. The van der Waals surface area contributed by atoms with Crippen molar-refractivity contribution in [2.45, 2.75) is 22.2 Å². The number of halogens is 2. The molecule has 2 nitrogen and oxygen atoms in total. The monoisotopic (exact) mass is 430 g/mol. The summed E-state index contributed by atoms with van der Waals surface area (Å²) < 4.78 is 24.7. The van der Waals surface area contributed by atoms with Crippen LogP contribution in [0.1, 0.15) is 22.3 Å². The van der Waals surface area contributed by atoms with E-state index in [1.54, 1.807) is 0 Å². The highest BCUT2D eigenvalue weighted by molar-refractivity contribution is 9.08. The van der Waals surface area contributed by atoms with Crippen molar-refractivity contribution in [3.63, 3.8) is 0 Å². The second-order valence-electron chi connectivity index (χ2n) is 4.94. The largest absolute Gasteiger partial charge is 0.228 e. The van der Waals surface area contributed by atoms with Gasteiger partial charge < -0.3 is 0 Å². The van der Waals surface area contributed by atoms with E-state index in [0.717, 1.165) is 32.9 Å². The van der Waals surface area contributed by atoms with Crippen molar-refractivity contribution in [2.75, 3.05) is 0 Å². The Morgan fingerprint density at radius 3 is 1.48 bits per heavy atom. The molecule has 0 fully saturated rings. The van der Waals surface area contributed by atoms with E-state index in [-0.39, 0.29) is 11.5 Å². The maximum atomic E-state index is 12.3. The highest BCUT2D eigenvalue weighted by Crippen LogP contribution is 2.16. The lowest BCUT2D eigenvalue weighted by Crippen LogP contribution is -2.08. The smallest absolute Gasteiger partial charge is 0.158 e. The molecule has 0 saturated heterocycles. The molecule has 0 unspecified atom stereocenters. The Balaban J connectivity index is 2.14. The van der Waals surface area contributed by atoms with Crippen molar-refractivity contribution in [2.24, 2.45) is 0 Å². The van der Waals surface area contributed by atoms with E-state index in [2.05, 4.69) is 31.9 Å². The van der Waals surface area contributed by atoms with Crippen LogP contribution in [0.4, 0.5) is 0 Å². The molecule has 0 N–H and O–H groups in total. The number of alkyl halides is 2. The van der Waals surface area contributed by atoms with E-state index in [1.165, 1.54) is 0 Å². The van der Waals surface area contributed by atoms with Gasteiger partial charge in [0.25, 0.3) is 0 Å². The van der Waals surface area contributed by atoms with Crippen molar-refractivity contribution in [1.82, 2.24) is 0 Å². The van der Waals surface area contributed by atoms with E-state index in [0.29, 0.717) is 0 Å². The minimum absolute atomic E-state index is 0.0758. The molecule has 2 aromatic carbocycles. The van der Waals surface area contributed by atoms with E-state index in [1.807, 2.05) is 48.5 Å². The van der Waals surface area contributed by atoms with Crippen LogP contribution in [0.2, 0.25) is 0 Å². The Kier molecular flexibility index (Phi) is 6.02. The molecule has 0 radical (unpaired) electrons. The Bertz CT molecular complexity index is 656. The molecular formula is C16H16Br2O2S. The Labute approximate surface area is 142 Å². The first-order chi connectivity index (χ1) is 10.0. The van der Waals surface area contributed by atoms with Crippen LogP contribution in [-0.2, 0) is 32.0 Å². The van der Waals surface area contributed by atoms with Crippen molar-refractivity contribution in [3.8, 4) is 0 Å². The lowest BCUT2D eigenvalue weighted by atomic mass is 10.2. The van der Waals surface area contributed by atoms with Gasteiger partial charge in [-0.3, -0.25) is 0 Å². The summed E-state index contributed by atoms with van der Waals surface area (Å²) in [5.74, 6) is 0.152. The summed E-state index contributed by atoms with van der Waals surface area (Å²) in [4.78, 5) is 0. The number of benzene rings is 2. The number of rotatable bonds is 6. The highest BCUT2D eigenvalue weighted by Gasteiger charge is 2.13. The van der Waals surface area contributed by atoms with Gasteiger partial charge in [0, 0.05) is 10.7 Å². The zero-order chi connectivity index (χ0) is 15.3. The molecule has 0 amide bonds. The van der Waals surface area contributed by atoms with Crippen molar-refractivity contribution in [1.29, 1.82) is 0 Å². The van der Waals surface area contributed by atoms with Crippen molar-refractivity contribution >= 4 is 41.7 Å². The summed E-state index contributed by atoms with van der Waals surface area (Å²) in [6, 6.07) is 15.3. The molecule has 0 spiro atoms. The molecule has 0 atom stereocenters. The summed E-state index contributed by atoms with van der Waals surface area (Å²) in [5, 5.41) is 1.46. The lowest BCUT2D eigenvalue weighted by molar-refractivity contribution is 0.594. The molecule has 0 bridgehead atoms. The van der Waals surface area contributed by atoms with Gasteiger partial charge in [0.05, 0.1) is 11.5 Å². The van der Waals surface area contributed by atoms with Gasteiger partial charge in [-0.25, -0.2) is 8.42 Å². The third-order valence-corrected chi connectivity index (χ3v) is 5.91. The number of sulfone groups is 1. The normalized spacial score (nSPS) is 11.5. The van der Waals surface area contributed by atoms with Gasteiger partial charge in [-0.15, -0.1) is 0 Å². The fraction of sp³-hybridized carbons (Fsp3) is 0.250. The van der Waals surface area contributed by atoms with Gasteiger partial charge in [-0.05, 0) is 22.3 Å². The molecule has 0 aliphatic heterocycles. The van der Waals surface area contributed by atoms with Gasteiger partial charge in [-0.1, -0.05) is 80.4 Å². The van der Waals surface area contributed by atoms with Gasteiger partial charge in [0.2, 0.25) is 0 Å². The standard InChI is InChI=1S/C16H16Br2O2S/c17-9-13-3-1-5-15(7-13)11-21(19,20)12-16-6-2-4-14(8-16)10-18/h1-8H,9-12H2. The summed E-state index contributed by atoms with van der Waals surface area (Å²) in [7, 11) is -3.17. The number of hydrogen-bond donors (Lipinski definition) is 0. The summed E-state index contributed by atoms with van der Waals surface area (Å²) in [6.07, 6.45) is 0. The third-order valence-electron chi connectivity index (χ3n) is 3.06. The van der Waals surface area contributed by atoms with E-state index < -0.39 is 9.84 Å². The molecule has 0 aromatic heterocycles. The van der Waals surface area contributed by atoms with Crippen LogP contribution in [-0.4, -0.2) is 8.42 Å². The van der Waals surface area contributed by atoms with Crippen LogP contribution in [0.15, 0.2) is 48.5 Å². The Morgan fingerprint density at radius 2 is 1.10 bits per heavy atom. The van der Waals surface area contributed by atoms with Gasteiger partial charge in [0.15, 0.2) is 9.84 Å². The molecule has 5 heteroatoms. The average molecular weight is 432 g/mol. The van der Waals surface area contributed by atoms with Crippen LogP contribution in [0.5, 0.6) is 0 Å². The average Bonchev–Trinajstić information content (AvgIpc) is 2.46. The summed E-state index contributed by atoms with van der Waals surface area (Å²) >= 11 is 6.77. The van der Waals surface area contributed by atoms with Gasteiger partial charge in [-0.2, -0.15) is 0 Å². The minimum Gasteiger partial charge on any atom is -0.228 e. The fourth-order valence-electron chi connectivity index (χ4n) is 2.16. The molecule has 112 valence electrons. The van der Waals surface area contributed by atoms with Crippen molar-refractivity contribution in [3.05, 3.63) is 70.8 Å². The highest BCUT2D eigenvalue weighted by atomic mass is 79.9. The molecule has 0 saturated carbocycles. The Morgan fingerprint density at radius 1 is 0.714 bits per heavy atom. The SMILES string of the molecule is O=S(=O)(Cc1cccc(CBr)c1)Cc1cccc(CBr)c1. The molecular weight excluding hydrogens is 416 g/mol. The Hall–Kier alpha value is -0.650. The number of hydrogen-bond acceptors (Lipinski definition) is 2. The maximum Gasteiger partial charge on any atom is 0.158 e. The molecule has 0 aliphatic carbocycles. The van der Waals surface area contributed by atoms with Gasteiger partial charge >= 0.3 is 0 Å². The second kappa shape index (κ2) is 7.56. The lowest BCUT2D eigenvalue weighted by Gasteiger charge is -2.07. The first-order valence-electron chi connectivity index (χ1n) is 6.50. The van der Waals surface area contributed by atoms with Crippen LogP contribution in [0.25, 0.3) is 0 Å². The summed E-state index contributed by atoms with van der Waals surface area (Å²) in [5.41, 5.74) is 3.85. The van der Waals surface area contributed by atoms with Crippen LogP contribution in [0, 0.1) is 0 Å². The topological polar surface area (TPSA) is 34.1 Å². The minimum atomic E-state index is -3.17. The zero-order valence-corrected chi connectivity index (χ0v) is 15.4. The predicted octanol–water partition coefficient (Wildman–Crippen LogP) is 4.59. The van der Waals surface area contributed by atoms with E-state index in [9.17, 15) is 8.42 Å². The molecule has 0 aliphatic rings. The van der Waals surface area contributed by atoms with Crippen LogP contribution >= 0.6 is 31.9 Å². The third kappa shape index (κ3) is 5.24. The van der Waals surface area contributed by atoms with Crippen LogP contribution < -0.4 is 0 Å². The fourth-order valence-corrected chi connectivity index (χ4v) is 4.34. The quantitative estimate of drug-likeness (QED) is 0.626. The first-order valence-corrected chi connectivity index (χ1v) is 10.6. The predicted molar refractivity (Wildman–Crippen MR) is 94.5 cm³/mol. The van der Waals surface area contributed by atoms with Crippen molar-refractivity contribution < 1.29 is 8.42 Å². The zero-order valence-electron chi connectivity index (χ0n) is 11.4. The van der Waals surface area contributed by atoms with Crippen LogP contribution in [0.3, 0.4) is 0 Å². The molecule has 21 heavy (non-hydrogen) atoms. The summed E-state index contributed by atoms with van der Waals surface area (Å²) in [6.45, 7) is 0. The molecule has 2 aromatic rings. The van der Waals surface area contributed by atoms with Gasteiger partial charge in [0.1, 0.15) is 0 Å².